The molecule has 15 heavy (non-hydrogen) atoms. The summed E-state index contributed by atoms with van der Waals surface area (Å²) in [4.78, 5) is 10.1. The maximum atomic E-state index is 11.2. The van der Waals surface area contributed by atoms with Crippen LogP contribution < -0.4 is 5.73 Å². The first kappa shape index (κ1) is 12.1. The second-order valence-electron chi connectivity index (χ2n) is 3.11. The Morgan fingerprint density at radius 2 is 2.20 bits per heavy atom. The highest BCUT2D eigenvalue weighted by Gasteiger charge is 2.11. The minimum Gasteiger partial charge on any atom is -0.384 e. The van der Waals surface area contributed by atoms with Gasteiger partial charge in [-0.2, -0.15) is 5.10 Å². The van der Waals surface area contributed by atoms with Gasteiger partial charge in [0.15, 0.2) is 10.6 Å². The fourth-order valence-electron chi connectivity index (χ4n) is 1.16. The van der Waals surface area contributed by atoms with Gasteiger partial charge in [0.2, 0.25) is 0 Å². The number of nitrogens with zero attached hydrogens (tertiary/aromatic N) is 2. The van der Waals surface area contributed by atoms with Crippen molar-refractivity contribution in [1.29, 1.82) is 0 Å². The number of aromatic nitrogens is 2. The van der Waals surface area contributed by atoms with Crippen molar-refractivity contribution in [3.8, 4) is 0 Å². The molecule has 0 bridgehead atoms. The summed E-state index contributed by atoms with van der Waals surface area (Å²) in [6.07, 6.45) is 1.17. The van der Waals surface area contributed by atoms with Crippen LogP contribution in [-0.2, 0) is 4.79 Å². The molecule has 0 saturated heterocycles. The van der Waals surface area contributed by atoms with Crippen LogP contribution in [0.25, 0.3) is 5.82 Å². The Hall–Kier alpha value is -1.00. The molecule has 0 unspecified atom stereocenters. The van der Waals surface area contributed by atoms with Crippen LogP contribution in [0.1, 0.15) is 11.4 Å². The summed E-state index contributed by atoms with van der Waals surface area (Å²) < 4.78 is 1.46. The van der Waals surface area contributed by atoms with Crippen molar-refractivity contribution in [3.05, 3.63) is 23.5 Å². The zero-order valence-corrected chi connectivity index (χ0v) is 9.88. The molecule has 0 aliphatic heterocycles. The lowest BCUT2D eigenvalue weighted by molar-refractivity contribution is -0.113. The topological polar surface area (TPSA) is 60.9 Å². The van der Waals surface area contributed by atoms with E-state index in [-0.39, 0.29) is 5.82 Å². The van der Waals surface area contributed by atoms with Crippen LogP contribution in [0.4, 0.5) is 0 Å². The Morgan fingerprint density at radius 1 is 1.60 bits per heavy atom. The van der Waals surface area contributed by atoms with E-state index in [2.05, 4.69) is 5.10 Å². The van der Waals surface area contributed by atoms with Crippen LogP contribution in [-0.4, -0.2) is 20.4 Å². The SMILES string of the molecule is Cc1cc(C)n(C(N)=CC(=O)C(Cl)Cl)n1. The van der Waals surface area contributed by atoms with E-state index < -0.39 is 10.6 Å². The first-order valence-electron chi connectivity index (χ1n) is 4.24. The second-order valence-corrected chi connectivity index (χ2v) is 4.21. The lowest BCUT2D eigenvalue weighted by atomic mass is 10.4. The summed E-state index contributed by atoms with van der Waals surface area (Å²) in [5.41, 5.74) is 7.34. The van der Waals surface area contributed by atoms with Gasteiger partial charge in [-0.05, 0) is 19.9 Å². The second kappa shape index (κ2) is 4.68. The van der Waals surface area contributed by atoms with Crippen molar-refractivity contribution < 1.29 is 4.79 Å². The van der Waals surface area contributed by atoms with E-state index in [1.807, 2.05) is 19.9 Å². The highest BCUT2D eigenvalue weighted by atomic mass is 35.5. The number of alkyl halides is 2. The van der Waals surface area contributed by atoms with Gasteiger partial charge in [0.05, 0.1) is 5.69 Å². The number of halogens is 2. The largest absolute Gasteiger partial charge is 0.384 e. The van der Waals surface area contributed by atoms with E-state index in [1.165, 1.54) is 10.8 Å². The quantitative estimate of drug-likeness (QED) is 0.653. The monoisotopic (exact) mass is 247 g/mol. The number of aryl methyl sites for hydroxylation is 2. The number of hydrogen-bond donors (Lipinski definition) is 1. The molecule has 0 fully saturated rings. The molecule has 6 heteroatoms. The van der Waals surface area contributed by atoms with E-state index in [1.54, 1.807) is 0 Å². The molecule has 1 rings (SSSR count). The molecule has 2 N–H and O–H groups in total. The van der Waals surface area contributed by atoms with Crippen LogP contribution in [0, 0.1) is 13.8 Å². The van der Waals surface area contributed by atoms with Gasteiger partial charge in [-0.15, -0.1) is 0 Å². The lowest BCUT2D eigenvalue weighted by Crippen LogP contribution is -2.14. The Kier molecular flexibility index (Phi) is 3.77. The predicted octanol–water partition coefficient (Wildman–Crippen LogP) is 1.63. The first-order valence-corrected chi connectivity index (χ1v) is 5.12. The third-order valence-electron chi connectivity index (χ3n) is 1.76. The number of nitrogens with two attached hydrogens (primary N) is 1. The van der Waals surface area contributed by atoms with Gasteiger partial charge in [0.1, 0.15) is 5.82 Å². The molecule has 0 saturated carbocycles. The zero-order valence-electron chi connectivity index (χ0n) is 8.37. The number of rotatable bonds is 3. The lowest BCUT2D eigenvalue weighted by Gasteiger charge is -2.03. The Balaban J connectivity index is 2.99. The van der Waals surface area contributed by atoms with Crippen LogP contribution in [0.15, 0.2) is 12.1 Å². The molecule has 0 aliphatic carbocycles. The smallest absolute Gasteiger partial charge is 0.192 e. The first-order chi connectivity index (χ1) is 6.91. The third kappa shape index (κ3) is 2.97. The predicted molar refractivity (Wildman–Crippen MR) is 60.7 cm³/mol. The molecular weight excluding hydrogens is 237 g/mol. The summed E-state index contributed by atoms with van der Waals surface area (Å²) in [7, 11) is 0. The molecule has 1 aromatic heterocycles. The molecule has 0 aliphatic rings. The van der Waals surface area contributed by atoms with Gasteiger partial charge in [-0.25, -0.2) is 4.68 Å². The molecule has 1 aromatic rings. The van der Waals surface area contributed by atoms with Gasteiger partial charge < -0.3 is 5.73 Å². The molecule has 4 nitrogen and oxygen atoms in total. The van der Waals surface area contributed by atoms with Gasteiger partial charge in [-0.3, -0.25) is 4.79 Å². The van der Waals surface area contributed by atoms with E-state index in [0.717, 1.165) is 11.4 Å². The van der Waals surface area contributed by atoms with Crippen LogP contribution in [0.5, 0.6) is 0 Å². The average Bonchev–Trinajstić information content (AvgIpc) is 2.44. The maximum absolute atomic E-state index is 11.2. The summed E-state index contributed by atoms with van der Waals surface area (Å²) in [5, 5.41) is 4.11. The van der Waals surface area contributed by atoms with Crippen LogP contribution >= 0.6 is 23.2 Å². The fraction of sp³-hybridized carbons (Fsp3) is 0.333. The highest BCUT2D eigenvalue weighted by Crippen LogP contribution is 2.09. The highest BCUT2D eigenvalue weighted by molar-refractivity contribution is 6.55. The molecule has 0 spiro atoms. The maximum Gasteiger partial charge on any atom is 0.192 e. The van der Waals surface area contributed by atoms with Crippen molar-refractivity contribution in [1.82, 2.24) is 9.78 Å². The van der Waals surface area contributed by atoms with E-state index >= 15 is 0 Å². The van der Waals surface area contributed by atoms with Crippen molar-refractivity contribution in [2.75, 3.05) is 0 Å². The standard InChI is InChI=1S/C9H11Cl2N3O/c1-5-3-6(2)14(13-5)8(12)4-7(15)9(10)11/h3-4,9H,12H2,1-2H3. The molecule has 0 radical (unpaired) electrons. The average molecular weight is 248 g/mol. The minimum atomic E-state index is -1.10. The van der Waals surface area contributed by atoms with Gasteiger partial charge in [-0.1, -0.05) is 23.2 Å². The van der Waals surface area contributed by atoms with Crippen molar-refractivity contribution in [2.45, 2.75) is 18.7 Å². The van der Waals surface area contributed by atoms with E-state index in [0.29, 0.717) is 0 Å². The van der Waals surface area contributed by atoms with Gasteiger partial charge in [0, 0.05) is 11.8 Å². The Morgan fingerprint density at radius 3 is 2.60 bits per heavy atom. The zero-order chi connectivity index (χ0) is 11.6. The number of ketones is 1. The molecule has 0 aromatic carbocycles. The number of hydrogen-bond acceptors (Lipinski definition) is 3. The van der Waals surface area contributed by atoms with Gasteiger partial charge in [0.25, 0.3) is 0 Å². The van der Waals surface area contributed by atoms with Crippen molar-refractivity contribution >= 4 is 34.8 Å². The summed E-state index contributed by atoms with van der Waals surface area (Å²) >= 11 is 10.8. The molecule has 1 heterocycles. The van der Waals surface area contributed by atoms with E-state index in [9.17, 15) is 4.79 Å². The Labute approximate surface area is 97.6 Å². The number of allylic oxidation sites excluding steroid dienone is 1. The fourth-order valence-corrected chi connectivity index (χ4v) is 1.29. The summed E-state index contributed by atoms with van der Waals surface area (Å²) in [6.45, 7) is 3.68. The molecular formula is C9H11Cl2N3O. The summed E-state index contributed by atoms with van der Waals surface area (Å²) in [5.74, 6) is -0.250. The van der Waals surface area contributed by atoms with Crippen LogP contribution in [0.2, 0.25) is 0 Å². The number of carbonyl (C=O) groups excluding carboxylic acids is 1. The molecule has 82 valence electrons. The van der Waals surface area contributed by atoms with Crippen molar-refractivity contribution in [2.24, 2.45) is 5.73 Å². The number of carbonyl (C=O) groups is 1. The Bertz CT molecular complexity index is 409. The summed E-state index contributed by atoms with van der Waals surface area (Å²) in [6, 6.07) is 1.85. The molecule has 0 atom stereocenters. The third-order valence-corrected chi connectivity index (χ3v) is 2.19. The normalized spacial score (nSPS) is 12.2. The van der Waals surface area contributed by atoms with Crippen molar-refractivity contribution in [3.63, 3.8) is 0 Å². The van der Waals surface area contributed by atoms with Gasteiger partial charge >= 0.3 is 0 Å². The van der Waals surface area contributed by atoms with Crippen LogP contribution in [0.3, 0.4) is 0 Å². The van der Waals surface area contributed by atoms with E-state index in [4.69, 9.17) is 28.9 Å². The molecule has 0 amide bonds. The minimum absolute atomic E-state index is 0.205.